The van der Waals surface area contributed by atoms with Gasteiger partial charge in [0.1, 0.15) is 5.54 Å². The van der Waals surface area contributed by atoms with Crippen LogP contribution in [0, 0.1) is 6.92 Å². The van der Waals surface area contributed by atoms with E-state index >= 15 is 0 Å². The van der Waals surface area contributed by atoms with E-state index in [9.17, 15) is 9.59 Å². The zero-order valence-corrected chi connectivity index (χ0v) is 15.2. The van der Waals surface area contributed by atoms with Gasteiger partial charge in [0.2, 0.25) is 6.79 Å². The van der Waals surface area contributed by atoms with Crippen molar-refractivity contribution in [2.45, 2.75) is 38.1 Å². The Labute approximate surface area is 157 Å². The highest BCUT2D eigenvalue weighted by Gasteiger charge is 2.48. The molecule has 27 heavy (non-hydrogen) atoms. The summed E-state index contributed by atoms with van der Waals surface area (Å²) >= 11 is 0. The molecule has 1 fully saturated rings. The predicted octanol–water partition coefficient (Wildman–Crippen LogP) is 3.24. The molecule has 0 saturated heterocycles. The minimum Gasteiger partial charge on any atom is -0.454 e. The van der Waals surface area contributed by atoms with Crippen molar-refractivity contribution >= 4 is 11.7 Å². The highest BCUT2D eigenvalue weighted by Crippen LogP contribution is 2.40. The Morgan fingerprint density at radius 1 is 1.04 bits per heavy atom. The number of amides is 1. The number of ether oxygens (including phenoxy) is 2. The van der Waals surface area contributed by atoms with Crippen molar-refractivity contribution in [3.63, 3.8) is 0 Å². The van der Waals surface area contributed by atoms with Crippen LogP contribution in [-0.4, -0.2) is 29.0 Å². The summed E-state index contributed by atoms with van der Waals surface area (Å²) in [4.78, 5) is 26.5. The highest BCUT2D eigenvalue weighted by molar-refractivity contribution is 6.07. The standard InChI is InChI=1S/C21H22N2O4/c1-14-16(9-10-17-18(14)27-13-26-17)20(25)23(22)21(11-5-6-12-21)19(24)15-7-3-2-4-8-15/h2-4,7-10H,5-6,11-13,22H2,1H3. The lowest BCUT2D eigenvalue weighted by Crippen LogP contribution is -2.59. The zero-order chi connectivity index (χ0) is 19.0. The maximum Gasteiger partial charge on any atom is 0.269 e. The van der Waals surface area contributed by atoms with Gasteiger partial charge in [0.25, 0.3) is 5.91 Å². The summed E-state index contributed by atoms with van der Waals surface area (Å²) in [6, 6.07) is 12.4. The van der Waals surface area contributed by atoms with E-state index in [-0.39, 0.29) is 18.5 Å². The molecule has 0 bridgehead atoms. The summed E-state index contributed by atoms with van der Waals surface area (Å²) in [5.41, 5.74) is 0.658. The number of Topliss-reactive ketones (excluding diaryl/α,β-unsaturated/α-hetero) is 1. The highest BCUT2D eigenvalue weighted by atomic mass is 16.7. The largest absolute Gasteiger partial charge is 0.454 e. The second-order valence-electron chi connectivity index (χ2n) is 7.08. The van der Waals surface area contributed by atoms with Gasteiger partial charge in [-0.05, 0) is 31.9 Å². The molecule has 0 atom stereocenters. The van der Waals surface area contributed by atoms with Gasteiger partial charge < -0.3 is 9.47 Å². The molecule has 0 unspecified atom stereocenters. The number of hydrogen-bond acceptors (Lipinski definition) is 5. The average Bonchev–Trinajstić information content (AvgIpc) is 3.38. The molecule has 1 saturated carbocycles. The number of nitrogens with two attached hydrogens (primary N) is 1. The summed E-state index contributed by atoms with van der Waals surface area (Å²) in [6.45, 7) is 1.94. The molecule has 6 heteroatoms. The van der Waals surface area contributed by atoms with E-state index < -0.39 is 5.54 Å². The summed E-state index contributed by atoms with van der Waals surface area (Å²) in [6.07, 6.45) is 2.85. The van der Waals surface area contributed by atoms with Crippen LogP contribution in [-0.2, 0) is 0 Å². The summed E-state index contributed by atoms with van der Waals surface area (Å²) in [5.74, 6) is 7.03. The fraction of sp³-hybridized carbons (Fsp3) is 0.333. The quantitative estimate of drug-likeness (QED) is 0.389. The molecular formula is C21H22N2O4. The molecular weight excluding hydrogens is 344 g/mol. The van der Waals surface area contributed by atoms with Gasteiger partial charge in [0.15, 0.2) is 17.3 Å². The molecule has 0 spiro atoms. The van der Waals surface area contributed by atoms with Gasteiger partial charge >= 0.3 is 0 Å². The lowest BCUT2D eigenvalue weighted by molar-refractivity contribution is 0.0411. The number of carbonyl (C=O) groups excluding carboxylic acids is 2. The normalized spacial score (nSPS) is 17.0. The van der Waals surface area contributed by atoms with E-state index in [2.05, 4.69) is 0 Å². The van der Waals surface area contributed by atoms with Crippen LogP contribution in [0.25, 0.3) is 0 Å². The van der Waals surface area contributed by atoms with Crippen LogP contribution in [0.2, 0.25) is 0 Å². The number of benzene rings is 2. The summed E-state index contributed by atoms with van der Waals surface area (Å²) in [7, 11) is 0. The van der Waals surface area contributed by atoms with Crippen LogP contribution in [0.15, 0.2) is 42.5 Å². The van der Waals surface area contributed by atoms with Crippen molar-refractivity contribution in [1.29, 1.82) is 0 Å². The van der Waals surface area contributed by atoms with Crippen LogP contribution in [0.1, 0.15) is 52.0 Å². The minimum absolute atomic E-state index is 0.102. The van der Waals surface area contributed by atoms with Gasteiger partial charge in [-0.1, -0.05) is 43.2 Å². The number of rotatable bonds is 4. The fourth-order valence-electron chi connectivity index (χ4n) is 4.06. The Bertz CT molecular complexity index is 889. The van der Waals surface area contributed by atoms with Crippen molar-refractivity contribution in [1.82, 2.24) is 5.01 Å². The Balaban J connectivity index is 1.70. The number of hydrogen-bond donors (Lipinski definition) is 1. The number of ketones is 1. The van der Waals surface area contributed by atoms with Crippen molar-refractivity contribution < 1.29 is 19.1 Å². The van der Waals surface area contributed by atoms with Crippen LogP contribution < -0.4 is 15.3 Å². The van der Waals surface area contributed by atoms with E-state index in [1.807, 2.05) is 18.2 Å². The van der Waals surface area contributed by atoms with Gasteiger partial charge in [0.05, 0.1) is 0 Å². The van der Waals surface area contributed by atoms with Crippen molar-refractivity contribution in [3.8, 4) is 11.5 Å². The second kappa shape index (κ2) is 6.70. The molecule has 6 nitrogen and oxygen atoms in total. The molecule has 1 aliphatic heterocycles. The van der Waals surface area contributed by atoms with E-state index in [0.29, 0.717) is 41.0 Å². The number of nitrogens with zero attached hydrogens (tertiary/aromatic N) is 1. The maximum absolute atomic E-state index is 13.3. The molecule has 2 aromatic rings. The maximum atomic E-state index is 13.3. The number of carbonyl (C=O) groups is 2. The monoisotopic (exact) mass is 366 g/mol. The molecule has 0 aromatic heterocycles. The van der Waals surface area contributed by atoms with E-state index in [4.69, 9.17) is 15.3 Å². The first-order chi connectivity index (χ1) is 13.0. The van der Waals surface area contributed by atoms with Crippen molar-refractivity contribution in [3.05, 3.63) is 59.2 Å². The number of hydrazine groups is 1. The molecule has 140 valence electrons. The van der Waals surface area contributed by atoms with Crippen molar-refractivity contribution in [2.24, 2.45) is 5.84 Å². The van der Waals surface area contributed by atoms with Gasteiger partial charge in [-0.2, -0.15) is 0 Å². The number of fused-ring (bicyclic) bond motifs is 1. The first-order valence-corrected chi connectivity index (χ1v) is 9.13. The molecule has 0 radical (unpaired) electrons. The van der Waals surface area contributed by atoms with Gasteiger partial charge in [-0.15, -0.1) is 0 Å². The van der Waals surface area contributed by atoms with Crippen LogP contribution in [0.5, 0.6) is 11.5 Å². The molecule has 2 aromatic carbocycles. The molecule has 1 aliphatic carbocycles. The van der Waals surface area contributed by atoms with E-state index in [0.717, 1.165) is 17.9 Å². The molecule has 2 N–H and O–H groups in total. The third-order valence-corrected chi connectivity index (χ3v) is 5.59. The van der Waals surface area contributed by atoms with Crippen LogP contribution in [0.4, 0.5) is 0 Å². The first kappa shape index (κ1) is 17.5. The Morgan fingerprint density at radius 3 is 2.44 bits per heavy atom. The third-order valence-electron chi connectivity index (χ3n) is 5.59. The first-order valence-electron chi connectivity index (χ1n) is 9.13. The summed E-state index contributed by atoms with van der Waals surface area (Å²) in [5, 5.41) is 1.15. The lowest BCUT2D eigenvalue weighted by atomic mass is 9.86. The summed E-state index contributed by atoms with van der Waals surface area (Å²) < 4.78 is 10.8. The molecule has 4 rings (SSSR count). The minimum atomic E-state index is -1.01. The Hall–Kier alpha value is -2.86. The van der Waals surface area contributed by atoms with E-state index in [1.165, 1.54) is 0 Å². The Kier molecular flexibility index (Phi) is 4.36. The van der Waals surface area contributed by atoms with Gasteiger partial charge in [-0.3, -0.25) is 14.6 Å². The lowest BCUT2D eigenvalue weighted by Gasteiger charge is -2.37. The third kappa shape index (κ3) is 2.77. The Morgan fingerprint density at radius 2 is 1.74 bits per heavy atom. The average molecular weight is 366 g/mol. The zero-order valence-electron chi connectivity index (χ0n) is 15.2. The van der Waals surface area contributed by atoms with Gasteiger partial charge in [0, 0.05) is 16.7 Å². The second-order valence-corrected chi connectivity index (χ2v) is 7.08. The van der Waals surface area contributed by atoms with E-state index in [1.54, 1.807) is 31.2 Å². The molecule has 2 aliphatic rings. The smallest absolute Gasteiger partial charge is 0.269 e. The molecule has 1 heterocycles. The fourth-order valence-corrected chi connectivity index (χ4v) is 4.06. The van der Waals surface area contributed by atoms with Crippen LogP contribution in [0.3, 0.4) is 0 Å². The predicted molar refractivity (Wildman–Crippen MR) is 99.6 cm³/mol. The van der Waals surface area contributed by atoms with Crippen molar-refractivity contribution in [2.75, 3.05) is 6.79 Å². The SMILES string of the molecule is Cc1c(C(=O)N(N)C2(C(=O)c3ccccc3)CCCC2)ccc2c1OCO2. The van der Waals surface area contributed by atoms with Gasteiger partial charge in [-0.25, -0.2) is 5.84 Å². The topological polar surface area (TPSA) is 81.9 Å². The van der Waals surface area contributed by atoms with Crippen LogP contribution >= 0.6 is 0 Å². The molecule has 1 amide bonds.